The van der Waals surface area contributed by atoms with Crippen molar-refractivity contribution >= 4 is 33.4 Å². The molecule has 102 valence electrons. The average Bonchev–Trinajstić information content (AvgIpc) is 2.48. The number of aromatic nitrogens is 1. The van der Waals surface area contributed by atoms with Crippen molar-refractivity contribution in [2.75, 3.05) is 5.32 Å². The van der Waals surface area contributed by atoms with Gasteiger partial charge in [0, 0.05) is 29.1 Å². The van der Waals surface area contributed by atoms with E-state index in [1.54, 1.807) is 42.6 Å². The Kier molecular flexibility index (Phi) is 5.01. The lowest BCUT2D eigenvalue weighted by atomic mass is 10.1. The molecule has 1 amide bonds. The quantitative estimate of drug-likeness (QED) is 0.853. The summed E-state index contributed by atoms with van der Waals surface area (Å²) in [7, 11) is 0. The highest BCUT2D eigenvalue weighted by Crippen LogP contribution is 2.11. The van der Waals surface area contributed by atoms with Crippen LogP contribution in [0.2, 0.25) is 0 Å². The first kappa shape index (κ1) is 14.4. The van der Waals surface area contributed by atoms with Gasteiger partial charge in [-0.05, 0) is 28.1 Å². The number of anilines is 1. The third-order valence-electron chi connectivity index (χ3n) is 2.67. The number of nitrogens with zero attached hydrogens (tertiary/aromatic N) is 1. The number of hydrogen-bond acceptors (Lipinski definition) is 3. The third kappa shape index (κ3) is 4.28. The molecule has 0 unspecified atom stereocenters. The zero-order valence-electron chi connectivity index (χ0n) is 10.7. The summed E-state index contributed by atoms with van der Waals surface area (Å²) in [6.45, 7) is 0. The highest BCUT2D eigenvalue weighted by molar-refractivity contribution is 9.10. The molecular formula is C15H13BrN2O2. The van der Waals surface area contributed by atoms with Crippen LogP contribution in [0.25, 0.3) is 0 Å². The number of rotatable bonds is 5. The molecule has 5 heteroatoms. The van der Waals surface area contributed by atoms with E-state index in [4.69, 9.17) is 0 Å². The number of amides is 1. The Balaban J connectivity index is 1.83. The Labute approximate surface area is 125 Å². The minimum atomic E-state index is -0.218. The van der Waals surface area contributed by atoms with Gasteiger partial charge in [-0.3, -0.25) is 9.59 Å². The van der Waals surface area contributed by atoms with E-state index in [-0.39, 0.29) is 24.5 Å². The molecule has 0 aliphatic rings. The molecule has 0 atom stereocenters. The SMILES string of the molecule is O=C(CCC(=O)c1ccccc1)Nc1ccc(Br)cn1. The van der Waals surface area contributed by atoms with Gasteiger partial charge in [0.25, 0.3) is 0 Å². The summed E-state index contributed by atoms with van der Waals surface area (Å²) in [6.07, 6.45) is 1.93. The molecule has 0 saturated heterocycles. The van der Waals surface area contributed by atoms with Gasteiger partial charge in [-0.15, -0.1) is 0 Å². The summed E-state index contributed by atoms with van der Waals surface area (Å²) in [4.78, 5) is 27.6. The largest absolute Gasteiger partial charge is 0.311 e. The Morgan fingerprint density at radius 1 is 1.05 bits per heavy atom. The van der Waals surface area contributed by atoms with Crippen LogP contribution in [0.3, 0.4) is 0 Å². The maximum atomic E-state index is 11.8. The minimum Gasteiger partial charge on any atom is -0.311 e. The fourth-order valence-electron chi connectivity index (χ4n) is 1.65. The van der Waals surface area contributed by atoms with Crippen LogP contribution >= 0.6 is 15.9 Å². The van der Waals surface area contributed by atoms with Crippen LogP contribution in [0.4, 0.5) is 5.82 Å². The highest BCUT2D eigenvalue weighted by Gasteiger charge is 2.09. The molecule has 1 aromatic heterocycles. The van der Waals surface area contributed by atoms with E-state index in [0.29, 0.717) is 11.4 Å². The summed E-state index contributed by atoms with van der Waals surface area (Å²) in [5.41, 5.74) is 0.627. The number of ketones is 1. The van der Waals surface area contributed by atoms with Crippen molar-refractivity contribution < 1.29 is 9.59 Å². The van der Waals surface area contributed by atoms with Crippen molar-refractivity contribution in [1.82, 2.24) is 4.98 Å². The van der Waals surface area contributed by atoms with Crippen molar-refractivity contribution in [3.8, 4) is 0 Å². The smallest absolute Gasteiger partial charge is 0.225 e. The molecule has 0 saturated carbocycles. The van der Waals surface area contributed by atoms with Crippen molar-refractivity contribution in [3.63, 3.8) is 0 Å². The van der Waals surface area contributed by atoms with Crippen LogP contribution < -0.4 is 5.32 Å². The van der Waals surface area contributed by atoms with Gasteiger partial charge in [0.15, 0.2) is 5.78 Å². The van der Waals surface area contributed by atoms with Crippen LogP contribution in [0.1, 0.15) is 23.2 Å². The fraction of sp³-hybridized carbons (Fsp3) is 0.133. The van der Waals surface area contributed by atoms with Crippen molar-refractivity contribution in [1.29, 1.82) is 0 Å². The second kappa shape index (κ2) is 6.96. The number of carbonyl (C=O) groups excluding carboxylic acids is 2. The normalized spacial score (nSPS) is 10.1. The third-order valence-corrected chi connectivity index (χ3v) is 3.14. The molecule has 0 aliphatic carbocycles. The molecule has 2 rings (SSSR count). The van der Waals surface area contributed by atoms with Gasteiger partial charge < -0.3 is 5.32 Å². The molecule has 1 aromatic carbocycles. The predicted octanol–water partition coefficient (Wildman–Crippen LogP) is 3.45. The van der Waals surface area contributed by atoms with E-state index in [9.17, 15) is 9.59 Å². The Hall–Kier alpha value is -2.01. The van der Waals surface area contributed by atoms with Crippen LogP contribution in [-0.4, -0.2) is 16.7 Å². The molecule has 4 nitrogen and oxygen atoms in total. The van der Waals surface area contributed by atoms with Crippen LogP contribution in [0, 0.1) is 0 Å². The van der Waals surface area contributed by atoms with Crippen molar-refractivity contribution in [2.45, 2.75) is 12.8 Å². The molecule has 1 heterocycles. The molecule has 20 heavy (non-hydrogen) atoms. The monoisotopic (exact) mass is 332 g/mol. The zero-order chi connectivity index (χ0) is 14.4. The standard InChI is InChI=1S/C15H13BrN2O2/c16-12-6-8-14(17-10-12)18-15(20)9-7-13(19)11-4-2-1-3-5-11/h1-6,8,10H,7,9H2,(H,17,18,20). The number of Topliss-reactive ketones (excluding diaryl/α,β-unsaturated/α-hetero) is 1. The summed E-state index contributed by atoms with van der Waals surface area (Å²) in [5.74, 6) is 0.221. The Bertz CT molecular complexity index is 597. The van der Waals surface area contributed by atoms with E-state index in [0.717, 1.165) is 4.47 Å². The molecule has 0 fully saturated rings. The van der Waals surface area contributed by atoms with Crippen molar-refractivity contribution in [2.24, 2.45) is 0 Å². The zero-order valence-corrected chi connectivity index (χ0v) is 12.3. The lowest BCUT2D eigenvalue weighted by molar-refractivity contribution is -0.116. The van der Waals surface area contributed by atoms with E-state index in [2.05, 4.69) is 26.2 Å². The minimum absolute atomic E-state index is 0.0375. The van der Waals surface area contributed by atoms with Crippen molar-refractivity contribution in [3.05, 3.63) is 58.7 Å². The number of carbonyl (C=O) groups is 2. The van der Waals surface area contributed by atoms with Crippen LogP contribution in [0.5, 0.6) is 0 Å². The van der Waals surface area contributed by atoms with Crippen LogP contribution in [-0.2, 0) is 4.79 Å². The molecule has 2 aromatic rings. The van der Waals surface area contributed by atoms with E-state index >= 15 is 0 Å². The molecule has 0 bridgehead atoms. The molecule has 0 radical (unpaired) electrons. The molecule has 0 spiro atoms. The fourth-order valence-corrected chi connectivity index (χ4v) is 1.89. The van der Waals surface area contributed by atoms with E-state index in [1.165, 1.54) is 0 Å². The van der Waals surface area contributed by atoms with Gasteiger partial charge in [0.1, 0.15) is 5.82 Å². The van der Waals surface area contributed by atoms with Gasteiger partial charge in [-0.1, -0.05) is 30.3 Å². The van der Waals surface area contributed by atoms with Gasteiger partial charge in [0.05, 0.1) is 0 Å². The predicted molar refractivity (Wildman–Crippen MR) is 80.6 cm³/mol. The Morgan fingerprint density at radius 2 is 1.80 bits per heavy atom. The second-order valence-corrected chi connectivity index (χ2v) is 5.11. The number of hydrogen-bond donors (Lipinski definition) is 1. The lowest BCUT2D eigenvalue weighted by Gasteiger charge is -2.04. The van der Waals surface area contributed by atoms with E-state index < -0.39 is 0 Å². The maximum Gasteiger partial charge on any atom is 0.225 e. The molecule has 1 N–H and O–H groups in total. The summed E-state index contributed by atoms with van der Waals surface area (Å²) in [6, 6.07) is 12.4. The van der Waals surface area contributed by atoms with Gasteiger partial charge in [0.2, 0.25) is 5.91 Å². The summed E-state index contributed by atoms with van der Waals surface area (Å²) >= 11 is 3.27. The van der Waals surface area contributed by atoms with Gasteiger partial charge >= 0.3 is 0 Å². The van der Waals surface area contributed by atoms with Gasteiger partial charge in [-0.2, -0.15) is 0 Å². The number of pyridine rings is 1. The first-order chi connectivity index (χ1) is 9.65. The number of halogens is 1. The highest BCUT2D eigenvalue weighted by atomic mass is 79.9. The summed E-state index contributed by atoms with van der Waals surface area (Å²) in [5, 5.41) is 2.65. The number of benzene rings is 1. The maximum absolute atomic E-state index is 11.8. The topological polar surface area (TPSA) is 59.1 Å². The Morgan fingerprint density at radius 3 is 2.45 bits per heavy atom. The first-order valence-corrected chi connectivity index (χ1v) is 6.94. The van der Waals surface area contributed by atoms with E-state index in [1.807, 2.05) is 6.07 Å². The second-order valence-electron chi connectivity index (χ2n) is 4.20. The first-order valence-electron chi connectivity index (χ1n) is 6.15. The summed E-state index contributed by atoms with van der Waals surface area (Å²) < 4.78 is 0.842. The lowest BCUT2D eigenvalue weighted by Crippen LogP contribution is -2.14. The average molecular weight is 333 g/mol. The van der Waals surface area contributed by atoms with Crippen LogP contribution in [0.15, 0.2) is 53.1 Å². The van der Waals surface area contributed by atoms with Gasteiger partial charge in [-0.25, -0.2) is 4.98 Å². The number of nitrogens with one attached hydrogen (secondary N) is 1. The molecule has 0 aliphatic heterocycles. The molecular weight excluding hydrogens is 320 g/mol.